The summed E-state index contributed by atoms with van der Waals surface area (Å²) in [4.78, 5) is 38.3. The number of hydrogen-bond acceptors (Lipinski definition) is 7. The molecule has 1 aromatic carbocycles. The molecular weight excluding hydrogens is 338 g/mol. The third-order valence-corrected chi connectivity index (χ3v) is 3.44. The third-order valence-electron chi connectivity index (χ3n) is 3.44. The molecule has 26 heavy (non-hydrogen) atoms. The molecule has 0 fully saturated rings. The molecule has 8 heteroatoms. The molecule has 2 N–H and O–H groups in total. The van der Waals surface area contributed by atoms with E-state index in [1.807, 2.05) is 25.1 Å². The van der Waals surface area contributed by atoms with Crippen LogP contribution in [0.1, 0.15) is 25.8 Å². The summed E-state index contributed by atoms with van der Waals surface area (Å²) in [7, 11) is 0. The summed E-state index contributed by atoms with van der Waals surface area (Å²) >= 11 is 0. The van der Waals surface area contributed by atoms with Crippen molar-refractivity contribution in [2.45, 2.75) is 27.2 Å². The molecular formula is C18H21N3O5. The predicted molar refractivity (Wildman–Crippen MR) is 98.2 cm³/mol. The van der Waals surface area contributed by atoms with Gasteiger partial charge in [-0.15, -0.1) is 0 Å². The Hall–Kier alpha value is -3.16. The number of anilines is 1. The third kappa shape index (κ3) is 4.92. The highest BCUT2D eigenvalue weighted by atomic mass is 16.5. The van der Waals surface area contributed by atoms with Gasteiger partial charge in [0.2, 0.25) is 0 Å². The maximum Gasteiger partial charge on any atom is 0.355 e. The lowest BCUT2D eigenvalue weighted by Crippen LogP contribution is -2.23. The van der Waals surface area contributed by atoms with E-state index in [-0.39, 0.29) is 30.9 Å². The molecule has 0 unspecified atom stereocenters. The molecule has 2 rings (SSSR count). The molecule has 0 aliphatic heterocycles. The van der Waals surface area contributed by atoms with Gasteiger partial charge in [-0.1, -0.05) is 12.1 Å². The van der Waals surface area contributed by atoms with Crippen LogP contribution in [-0.4, -0.2) is 35.8 Å². The number of aromatic amines is 1. The number of pyridine rings is 1. The number of nitrogens with one attached hydrogen (secondary N) is 2. The first-order valence-electron chi connectivity index (χ1n) is 8.23. The molecule has 0 saturated heterocycles. The van der Waals surface area contributed by atoms with Gasteiger partial charge in [0, 0.05) is 11.5 Å². The Kier molecular flexibility index (Phi) is 6.48. The number of ether oxygens (including phenoxy) is 2. The van der Waals surface area contributed by atoms with Crippen LogP contribution < -0.4 is 11.0 Å². The van der Waals surface area contributed by atoms with Crippen molar-refractivity contribution < 1.29 is 19.1 Å². The number of H-pyrrole nitrogens is 1. The Morgan fingerprint density at radius 1 is 1.15 bits per heavy atom. The van der Waals surface area contributed by atoms with Crippen molar-refractivity contribution >= 4 is 34.2 Å². The van der Waals surface area contributed by atoms with Gasteiger partial charge in [0.25, 0.3) is 5.56 Å². The predicted octanol–water partition coefficient (Wildman–Crippen LogP) is 2.12. The maximum atomic E-state index is 12.0. The minimum atomic E-state index is -0.724. The quantitative estimate of drug-likeness (QED) is 0.445. The number of carbonyl (C=O) groups excluding carboxylic acids is 2. The molecule has 0 saturated carbocycles. The van der Waals surface area contributed by atoms with E-state index in [0.717, 1.165) is 10.9 Å². The summed E-state index contributed by atoms with van der Waals surface area (Å²) in [5.74, 6) is -1.31. The fourth-order valence-corrected chi connectivity index (χ4v) is 2.31. The molecule has 8 nitrogen and oxygen atoms in total. The minimum absolute atomic E-state index is 0.133. The van der Waals surface area contributed by atoms with Crippen molar-refractivity contribution in [1.29, 1.82) is 0 Å². The second-order valence-electron chi connectivity index (χ2n) is 5.47. The average molecular weight is 359 g/mol. The number of aromatic nitrogens is 1. The second-order valence-corrected chi connectivity index (χ2v) is 5.47. The monoisotopic (exact) mass is 359 g/mol. The fourth-order valence-electron chi connectivity index (χ4n) is 2.31. The van der Waals surface area contributed by atoms with E-state index in [0.29, 0.717) is 11.2 Å². The molecule has 0 spiro atoms. The molecule has 1 heterocycles. The Morgan fingerprint density at radius 3 is 2.58 bits per heavy atom. The van der Waals surface area contributed by atoms with Crippen LogP contribution >= 0.6 is 0 Å². The SMILES string of the molecule is CCOC(=O)C/C(=N\Nc1cc(=O)[nH]c2cc(C)ccc12)C(=O)OCC. The summed E-state index contributed by atoms with van der Waals surface area (Å²) in [5, 5.41) is 4.71. The maximum absolute atomic E-state index is 12.0. The normalized spacial score (nSPS) is 11.3. The smallest absolute Gasteiger partial charge is 0.355 e. The number of hydrogen-bond donors (Lipinski definition) is 2. The summed E-state index contributed by atoms with van der Waals surface area (Å²) in [6, 6.07) is 6.87. The fraction of sp³-hybridized carbons (Fsp3) is 0.333. The molecule has 0 radical (unpaired) electrons. The Bertz CT molecular complexity index is 901. The number of rotatable bonds is 7. The van der Waals surface area contributed by atoms with Crippen LogP contribution in [0.15, 0.2) is 34.2 Å². The van der Waals surface area contributed by atoms with Crippen molar-refractivity contribution in [3.8, 4) is 0 Å². The number of esters is 2. The molecule has 2 aromatic rings. The lowest BCUT2D eigenvalue weighted by atomic mass is 10.1. The summed E-state index contributed by atoms with van der Waals surface area (Å²) in [5.41, 5.74) is 4.28. The first-order chi connectivity index (χ1) is 12.4. The number of hydrazone groups is 1. The lowest BCUT2D eigenvalue weighted by molar-refractivity contribution is -0.143. The molecule has 0 atom stereocenters. The van der Waals surface area contributed by atoms with E-state index in [2.05, 4.69) is 15.5 Å². The summed E-state index contributed by atoms with van der Waals surface area (Å²) < 4.78 is 9.76. The average Bonchev–Trinajstić information content (AvgIpc) is 2.58. The minimum Gasteiger partial charge on any atom is -0.466 e. The van der Waals surface area contributed by atoms with E-state index in [9.17, 15) is 14.4 Å². The molecule has 0 aliphatic carbocycles. The van der Waals surface area contributed by atoms with Gasteiger partial charge in [-0.25, -0.2) is 4.79 Å². The van der Waals surface area contributed by atoms with Crippen molar-refractivity contribution in [2.75, 3.05) is 18.6 Å². The Morgan fingerprint density at radius 2 is 1.88 bits per heavy atom. The molecule has 0 amide bonds. The van der Waals surface area contributed by atoms with E-state index in [1.54, 1.807) is 13.8 Å². The van der Waals surface area contributed by atoms with Crippen molar-refractivity contribution in [3.05, 3.63) is 40.2 Å². The first-order valence-corrected chi connectivity index (χ1v) is 8.23. The van der Waals surface area contributed by atoms with Gasteiger partial charge >= 0.3 is 11.9 Å². The van der Waals surface area contributed by atoms with Crippen LogP contribution in [0.4, 0.5) is 5.69 Å². The zero-order valence-electron chi connectivity index (χ0n) is 14.9. The molecule has 1 aromatic heterocycles. The van der Waals surface area contributed by atoms with Crippen LogP contribution in [0.5, 0.6) is 0 Å². The Balaban J connectivity index is 2.36. The van der Waals surface area contributed by atoms with Gasteiger partial charge in [-0.05, 0) is 32.4 Å². The zero-order valence-corrected chi connectivity index (χ0v) is 14.9. The van der Waals surface area contributed by atoms with Gasteiger partial charge in [-0.2, -0.15) is 5.10 Å². The molecule has 138 valence electrons. The van der Waals surface area contributed by atoms with E-state index in [1.165, 1.54) is 6.07 Å². The summed E-state index contributed by atoms with van der Waals surface area (Å²) in [6.45, 7) is 5.57. The summed E-state index contributed by atoms with van der Waals surface area (Å²) in [6.07, 6.45) is -0.333. The van der Waals surface area contributed by atoms with Gasteiger partial charge in [0.05, 0.1) is 30.8 Å². The van der Waals surface area contributed by atoms with Crippen molar-refractivity contribution in [3.63, 3.8) is 0 Å². The van der Waals surface area contributed by atoms with Crippen LogP contribution in [0.3, 0.4) is 0 Å². The van der Waals surface area contributed by atoms with E-state index in [4.69, 9.17) is 9.47 Å². The zero-order chi connectivity index (χ0) is 19.1. The van der Waals surface area contributed by atoms with E-state index >= 15 is 0 Å². The highest BCUT2D eigenvalue weighted by Gasteiger charge is 2.18. The topological polar surface area (TPSA) is 110 Å². The van der Waals surface area contributed by atoms with E-state index < -0.39 is 11.9 Å². The Labute approximate surface area is 150 Å². The number of benzene rings is 1. The lowest BCUT2D eigenvalue weighted by Gasteiger charge is -2.09. The van der Waals surface area contributed by atoms with Crippen LogP contribution in [0.2, 0.25) is 0 Å². The molecule has 0 bridgehead atoms. The highest BCUT2D eigenvalue weighted by Crippen LogP contribution is 2.21. The van der Waals surface area contributed by atoms with Gasteiger partial charge in [0.1, 0.15) is 0 Å². The van der Waals surface area contributed by atoms with Crippen LogP contribution in [0.25, 0.3) is 10.9 Å². The van der Waals surface area contributed by atoms with Crippen molar-refractivity contribution in [2.24, 2.45) is 5.10 Å². The molecule has 0 aliphatic rings. The first kappa shape index (κ1) is 19.2. The van der Waals surface area contributed by atoms with Gasteiger partial charge < -0.3 is 14.5 Å². The van der Waals surface area contributed by atoms with Gasteiger partial charge in [-0.3, -0.25) is 15.0 Å². The number of carbonyl (C=O) groups is 2. The highest BCUT2D eigenvalue weighted by molar-refractivity contribution is 6.39. The largest absolute Gasteiger partial charge is 0.466 e. The van der Waals surface area contributed by atoms with Gasteiger partial charge in [0.15, 0.2) is 5.71 Å². The number of nitrogens with zero attached hydrogens (tertiary/aromatic N) is 1. The number of fused-ring (bicyclic) bond motifs is 1. The standard InChI is InChI=1S/C18H21N3O5/c1-4-25-17(23)10-15(18(24)26-5-2)21-20-14-9-16(22)19-13-8-11(3)6-7-12(13)14/h6-9H,4-5,10H2,1-3H3,(H2,19,20,22)/b21-15+. The van der Waals surface area contributed by atoms with Crippen LogP contribution in [-0.2, 0) is 19.1 Å². The van der Waals surface area contributed by atoms with Crippen molar-refractivity contribution in [1.82, 2.24) is 4.98 Å². The van der Waals surface area contributed by atoms with Crippen LogP contribution in [0, 0.1) is 6.92 Å². The number of aryl methyl sites for hydroxylation is 1. The second kappa shape index (κ2) is 8.80.